The first-order valence-electron chi connectivity index (χ1n) is 7.80. The first-order chi connectivity index (χ1) is 11.3. The van der Waals surface area contributed by atoms with Crippen LogP contribution in [-0.4, -0.2) is 70.2 Å². The Morgan fingerprint density at radius 1 is 1.22 bits per heavy atom. The first-order valence-corrected chi connectivity index (χ1v) is 7.80. The van der Waals surface area contributed by atoms with Crippen molar-refractivity contribution in [3.63, 3.8) is 0 Å². The van der Waals surface area contributed by atoms with Gasteiger partial charge in [0.05, 0.1) is 12.7 Å². The van der Waals surface area contributed by atoms with Crippen LogP contribution >= 0.6 is 0 Å². The number of aromatic nitrogens is 4. The molecule has 1 amide bonds. The fourth-order valence-electron chi connectivity index (χ4n) is 2.58. The smallest absolute Gasteiger partial charge is 0.234 e. The van der Waals surface area contributed by atoms with Crippen LogP contribution in [0.3, 0.4) is 0 Å². The second-order valence-corrected chi connectivity index (χ2v) is 5.52. The normalized spacial score (nSPS) is 15.6. The van der Waals surface area contributed by atoms with E-state index < -0.39 is 0 Å². The van der Waals surface area contributed by atoms with Crippen LogP contribution in [-0.2, 0) is 11.2 Å². The molecule has 0 unspecified atom stereocenters. The molecule has 2 N–H and O–H groups in total. The number of H-pyrrole nitrogens is 1. The van der Waals surface area contributed by atoms with Crippen LogP contribution in [0.15, 0.2) is 30.9 Å². The van der Waals surface area contributed by atoms with Gasteiger partial charge >= 0.3 is 0 Å². The van der Waals surface area contributed by atoms with Gasteiger partial charge in [-0.05, 0) is 18.1 Å². The number of aromatic amines is 1. The zero-order valence-corrected chi connectivity index (χ0v) is 13.0. The van der Waals surface area contributed by atoms with E-state index in [9.17, 15) is 4.79 Å². The molecule has 0 saturated carbocycles. The summed E-state index contributed by atoms with van der Waals surface area (Å²) >= 11 is 0. The van der Waals surface area contributed by atoms with Crippen molar-refractivity contribution < 1.29 is 4.79 Å². The van der Waals surface area contributed by atoms with Crippen LogP contribution in [0.5, 0.6) is 0 Å². The van der Waals surface area contributed by atoms with E-state index in [1.54, 1.807) is 18.6 Å². The van der Waals surface area contributed by atoms with Gasteiger partial charge in [0.15, 0.2) is 0 Å². The number of nitrogens with zero attached hydrogens (tertiary/aromatic N) is 5. The van der Waals surface area contributed by atoms with Gasteiger partial charge < -0.3 is 10.2 Å². The molecule has 8 nitrogen and oxygen atoms in total. The lowest BCUT2D eigenvalue weighted by atomic mass is 10.2. The van der Waals surface area contributed by atoms with Gasteiger partial charge in [0.1, 0.15) is 0 Å². The summed E-state index contributed by atoms with van der Waals surface area (Å²) < 4.78 is 0. The van der Waals surface area contributed by atoms with Gasteiger partial charge in [-0.25, -0.2) is 9.97 Å². The lowest BCUT2D eigenvalue weighted by molar-refractivity contribution is -0.122. The second-order valence-electron chi connectivity index (χ2n) is 5.52. The summed E-state index contributed by atoms with van der Waals surface area (Å²) in [7, 11) is 0. The molecule has 0 aromatic carbocycles. The molecule has 0 aliphatic carbocycles. The van der Waals surface area contributed by atoms with E-state index >= 15 is 0 Å². The Morgan fingerprint density at radius 2 is 2.00 bits per heavy atom. The third-order valence-electron chi connectivity index (χ3n) is 3.87. The number of carbonyl (C=O) groups is 1. The van der Waals surface area contributed by atoms with Gasteiger partial charge in [-0.2, -0.15) is 5.10 Å². The highest BCUT2D eigenvalue weighted by molar-refractivity contribution is 5.78. The van der Waals surface area contributed by atoms with E-state index in [-0.39, 0.29) is 5.91 Å². The number of hydrogen-bond donors (Lipinski definition) is 2. The SMILES string of the molecule is O=C(CN1CCN(c2ncccn2)CC1)NCCc1cn[nH]c1. The van der Waals surface area contributed by atoms with Gasteiger partial charge in [-0.1, -0.05) is 0 Å². The summed E-state index contributed by atoms with van der Waals surface area (Å²) in [5.74, 6) is 0.828. The summed E-state index contributed by atoms with van der Waals surface area (Å²) in [6.07, 6.45) is 7.92. The van der Waals surface area contributed by atoms with Crippen molar-refractivity contribution in [2.24, 2.45) is 0 Å². The Kier molecular flexibility index (Phi) is 5.15. The summed E-state index contributed by atoms with van der Waals surface area (Å²) in [6, 6.07) is 1.81. The van der Waals surface area contributed by atoms with Gasteiger partial charge in [-0.3, -0.25) is 14.8 Å². The predicted octanol–water partition coefficient (Wildman–Crippen LogP) is -0.319. The Bertz CT molecular complexity index is 594. The number of rotatable bonds is 6. The van der Waals surface area contributed by atoms with Crippen molar-refractivity contribution in [2.45, 2.75) is 6.42 Å². The number of hydrogen-bond acceptors (Lipinski definition) is 6. The van der Waals surface area contributed by atoms with Crippen LogP contribution in [0.4, 0.5) is 5.95 Å². The molecule has 0 atom stereocenters. The maximum atomic E-state index is 12.0. The molecular weight excluding hydrogens is 294 g/mol. The highest BCUT2D eigenvalue weighted by Crippen LogP contribution is 2.09. The third kappa shape index (κ3) is 4.49. The minimum atomic E-state index is 0.0675. The van der Waals surface area contributed by atoms with Crippen molar-refractivity contribution in [1.82, 2.24) is 30.4 Å². The number of nitrogens with one attached hydrogen (secondary N) is 2. The topological polar surface area (TPSA) is 90.0 Å². The number of carbonyl (C=O) groups excluding carboxylic acids is 1. The average Bonchev–Trinajstić information content (AvgIpc) is 3.10. The lowest BCUT2D eigenvalue weighted by Gasteiger charge is -2.34. The summed E-state index contributed by atoms with van der Waals surface area (Å²) in [5, 5.41) is 9.60. The Morgan fingerprint density at radius 3 is 2.70 bits per heavy atom. The van der Waals surface area contributed by atoms with Gasteiger partial charge in [-0.15, -0.1) is 0 Å². The highest BCUT2D eigenvalue weighted by atomic mass is 16.2. The number of amides is 1. The minimum absolute atomic E-state index is 0.0675. The fourth-order valence-corrected chi connectivity index (χ4v) is 2.58. The lowest BCUT2D eigenvalue weighted by Crippen LogP contribution is -2.50. The van der Waals surface area contributed by atoms with E-state index in [1.807, 2.05) is 12.3 Å². The predicted molar refractivity (Wildman–Crippen MR) is 86.0 cm³/mol. The van der Waals surface area contributed by atoms with Crippen molar-refractivity contribution in [3.8, 4) is 0 Å². The molecule has 8 heteroatoms. The maximum Gasteiger partial charge on any atom is 0.234 e. The fraction of sp³-hybridized carbons (Fsp3) is 0.467. The number of anilines is 1. The Labute approximate surface area is 134 Å². The molecule has 2 aromatic rings. The zero-order chi connectivity index (χ0) is 15.9. The molecule has 1 aliphatic rings. The van der Waals surface area contributed by atoms with Crippen LogP contribution in [0.25, 0.3) is 0 Å². The van der Waals surface area contributed by atoms with Crippen LogP contribution in [0.1, 0.15) is 5.56 Å². The van der Waals surface area contributed by atoms with Crippen LogP contribution < -0.4 is 10.2 Å². The Balaban J connectivity index is 1.36. The van der Waals surface area contributed by atoms with E-state index in [2.05, 4.69) is 35.3 Å². The van der Waals surface area contributed by atoms with Crippen molar-refractivity contribution in [3.05, 3.63) is 36.4 Å². The monoisotopic (exact) mass is 315 g/mol. The summed E-state index contributed by atoms with van der Waals surface area (Å²) in [4.78, 5) is 24.8. The van der Waals surface area contributed by atoms with Gasteiger partial charge in [0.2, 0.25) is 11.9 Å². The van der Waals surface area contributed by atoms with Crippen LogP contribution in [0, 0.1) is 0 Å². The maximum absolute atomic E-state index is 12.0. The molecule has 1 saturated heterocycles. The minimum Gasteiger partial charge on any atom is -0.355 e. The molecule has 3 rings (SSSR count). The summed E-state index contributed by atoms with van der Waals surface area (Å²) in [5.41, 5.74) is 1.10. The quantitative estimate of drug-likeness (QED) is 0.759. The van der Waals surface area contributed by atoms with E-state index in [0.717, 1.165) is 44.1 Å². The van der Waals surface area contributed by atoms with E-state index in [0.29, 0.717) is 13.1 Å². The highest BCUT2D eigenvalue weighted by Gasteiger charge is 2.20. The molecule has 3 heterocycles. The van der Waals surface area contributed by atoms with Crippen LogP contribution in [0.2, 0.25) is 0 Å². The zero-order valence-electron chi connectivity index (χ0n) is 13.0. The molecule has 0 radical (unpaired) electrons. The molecule has 23 heavy (non-hydrogen) atoms. The van der Waals surface area contributed by atoms with Crippen molar-refractivity contribution in [1.29, 1.82) is 0 Å². The molecule has 122 valence electrons. The Hall–Kier alpha value is -2.48. The van der Waals surface area contributed by atoms with E-state index in [1.165, 1.54) is 0 Å². The summed E-state index contributed by atoms with van der Waals surface area (Å²) in [6.45, 7) is 4.44. The van der Waals surface area contributed by atoms with Gasteiger partial charge in [0.25, 0.3) is 0 Å². The third-order valence-corrected chi connectivity index (χ3v) is 3.87. The molecular formula is C15H21N7O. The molecule has 2 aromatic heterocycles. The second kappa shape index (κ2) is 7.68. The van der Waals surface area contributed by atoms with Crippen molar-refractivity contribution in [2.75, 3.05) is 44.2 Å². The first kappa shape index (κ1) is 15.4. The van der Waals surface area contributed by atoms with E-state index in [4.69, 9.17) is 0 Å². The molecule has 1 aliphatic heterocycles. The molecule has 0 bridgehead atoms. The number of piperazine rings is 1. The largest absolute Gasteiger partial charge is 0.355 e. The molecule has 1 fully saturated rings. The molecule has 0 spiro atoms. The van der Waals surface area contributed by atoms with Crippen molar-refractivity contribution >= 4 is 11.9 Å². The average molecular weight is 315 g/mol. The van der Waals surface area contributed by atoms with Gasteiger partial charge in [0, 0.05) is 51.3 Å². The standard InChI is InChI=1S/C15H21N7O/c23-14(16-5-2-13-10-19-20-11-13)12-21-6-8-22(9-7-21)15-17-3-1-4-18-15/h1,3-4,10-11H,2,5-9,12H2,(H,16,23)(H,19,20).